The number of hydrogen-bond acceptors (Lipinski definition) is 5. The number of carbonyl (C=O) groups is 2. The molecule has 110 valence electrons. The smallest absolute Gasteiger partial charge is 0.306 e. The summed E-state index contributed by atoms with van der Waals surface area (Å²) in [5.41, 5.74) is 0.556. The summed E-state index contributed by atoms with van der Waals surface area (Å²) in [5.74, 6) is 0.486. The molecule has 0 saturated heterocycles. The lowest BCUT2D eigenvalue weighted by atomic mass is 10.3. The van der Waals surface area contributed by atoms with Crippen molar-refractivity contribution in [2.45, 2.75) is 37.1 Å². The first-order valence-electron chi connectivity index (χ1n) is 6.60. The molecule has 4 nitrogen and oxygen atoms in total. The fourth-order valence-electron chi connectivity index (χ4n) is 1.33. The van der Waals surface area contributed by atoms with Gasteiger partial charge >= 0.3 is 5.97 Å². The molecule has 0 radical (unpaired) electrons. The molecule has 0 amide bonds. The maximum absolute atomic E-state index is 11.5. The lowest BCUT2D eigenvalue weighted by molar-refractivity contribution is -0.142. The maximum atomic E-state index is 11.5. The fraction of sp³-hybridized carbons (Fsp3) is 0.500. The van der Waals surface area contributed by atoms with Crippen molar-refractivity contribution in [2.75, 3.05) is 12.4 Å². The predicted octanol–water partition coefficient (Wildman–Crippen LogP) is 3.26. The average molecular weight is 311 g/mol. The van der Waals surface area contributed by atoms with Crippen molar-refractivity contribution >= 4 is 32.1 Å². The zero-order valence-electron chi connectivity index (χ0n) is 12.2. The van der Waals surface area contributed by atoms with E-state index in [0.717, 1.165) is 17.4 Å². The van der Waals surface area contributed by atoms with Gasteiger partial charge in [0.25, 0.3) is 0 Å². The minimum Gasteiger partial charge on any atom is -0.466 e. The number of ether oxygens (including phenoxy) is 1. The summed E-state index contributed by atoms with van der Waals surface area (Å²) in [6.07, 6.45) is 2.67. The second-order valence-electron chi connectivity index (χ2n) is 5.68. The molecule has 1 aromatic rings. The number of hydrogen-bond donors (Lipinski definition) is 0. The number of carbonyl (C=O) groups excluding carboxylic acids is 2. The lowest BCUT2D eigenvalue weighted by Gasteiger charge is -2.15. The van der Waals surface area contributed by atoms with Gasteiger partial charge < -0.3 is 4.74 Å². The SMILES string of the molecule is C[Si](C)(C)CCOC(=O)CCSc1ccc(C=O)cn1. The van der Waals surface area contributed by atoms with E-state index in [2.05, 4.69) is 24.6 Å². The molecule has 0 aliphatic rings. The first-order chi connectivity index (χ1) is 9.40. The van der Waals surface area contributed by atoms with Crippen LogP contribution >= 0.6 is 11.8 Å². The second kappa shape index (κ2) is 8.21. The van der Waals surface area contributed by atoms with Gasteiger partial charge in [0.15, 0.2) is 6.29 Å². The van der Waals surface area contributed by atoms with E-state index >= 15 is 0 Å². The summed E-state index contributed by atoms with van der Waals surface area (Å²) in [4.78, 5) is 26.1. The quantitative estimate of drug-likeness (QED) is 0.319. The molecule has 1 rings (SSSR count). The van der Waals surface area contributed by atoms with Gasteiger partial charge in [-0.3, -0.25) is 9.59 Å². The van der Waals surface area contributed by atoms with Crippen LogP contribution in [-0.4, -0.2) is 37.7 Å². The molecule has 0 aliphatic carbocycles. The average Bonchev–Trinajstić information content (AvgIpc) is 2.38. The van der Waals surface area contributed by atoms with Gasteiger partial charge in [-0.05, 0) is 18.2 Å². The van der Waals surface area contributed by atoms with Crippen LogP contribution in [-0.2, 0) is 9.53 Å². The molecule has 0 unspecified atom stereocenters. The first kappa shape index (κ1) is 16.9. The normalized spacial score (nSPS) is 11.2. The van der Waals surface area contributed by atoms with Crippen LogP contribution in [0.15, 0.2) is 23.4 Å². The minimum atomic E-state index is -1.14. The van der Waals surface area contributed by atoms with Crippen molar-refractivity contribution in [2.24, 2.45) is 0 Å². The lowest BCUT2D eigenvalue weighted by Crippen LogP contribution is -2.22. The number of esters is 1. The molecular weight excluding hydrogens is 290 g/mol. The summed E-state index contributed by atoms with van der Waals surface area (Å²) in [7, 11) is -1.14. The summed E-state index contributed by atoms with van der Waals surface area (Å²) < 4.78 is 5.21. The molecule has 1 heterocycles. The Bertz CT molecular complexity index is 443. The van der Waals surface area contributed by atoms with E-state index in [4.69, 9.17) is 4.74 Å². The summed E-state index contributed by atoms with van der Waals surface area (Å²) in [6.45, 7) is 7.30. The first-order valence-corrected chi connectivity index (χ1v) is 11.3. The van der Waals surface area contributed by atoms with Crippen molar-refractivity contribution in [3.63, 3.8) is 0 Å². The number of aromatic nitrogens is 1. The number of aldehydes is 1. The maximum Gasteiger partial charge on any atom is 0.306 e. The van der Waals surface area contributed by atoms with Gasteiger partial charge in [-0.15, -0.1) is 11.8 Å². The molecule has 0 atom stereocenters. The highest BCUT2D eigenvalue weighted by Gasteiger charge is 2.13. The highest BCUT2D eigenvalue weighted by atomic mass is 32.2. The molecule has 20 heavy (non-hydrogen) atoms. The molecule has 0 aromatic carbocycles. The molecule has 0 spiro atoms. The summed E-state index contributed by atoms with van der Waals surface area (Å²) in [6, 6.07) is 4.50. The Hall–Kier alpha value is -1.14. The van der Waals surface area contributed by atoms with Crippen molar-refractivity contribution in [3.8, 4) is 0 Å². The van der Waals surface area contributed by atoms with Crippen LogP contribution in [0.4, 0.5) is 0 Å². The Balaban J connectivity index is 2.19. The van der Waals surface area contributed by atoms with Gasteiger partial charge in [0.05, 0.1) is 18.1 Å². The third kappa shape index (κ3) is 7.45. The van der Waals surface area contributed by atoms with E-state index < -0.39 is 8.07 Å². The molecule has 0 bridgehead atoms. The van der Waals surface area contributed by atoms with E-state index in [1.807, 2.05) is 0 Å². The van der Waals surface area contributed by atoms with Crippen LogP contribution in [0.1, 0.15) is 16.8 Å². The van der Waals surface area contributed by atoms with Crippen LogP contribution in [0, 0.1) is 0 Å². The fourth-order valence-corrected chi connectivity index (χ4v) is 2.81. The zero-order valence-corrected chi connectivity index (χ0v) is 14.0. The number of thioether (sulfide) groups is 1. The van der Waals surface area contributed by atoms with Crippen molar-refractivity contribution in [1.82, 2.24) is 4.98 Å². The third-order valence-electron chi connectivity index (χ3n) is 2.57. The Labute approximate surface area is 125 Å². The Morgan fingerprint density at radius 1 is 1.40 bits per heavy atom. The van der Waals surface area contributed by atoms with Crippen LogP contribution in [0.2, 0.25) is 25.7 Å². The summed E-state index contributed by atoms with van der Waals surface area (Å²) >= 11 is 1.49. The molecule has 1 aromatic heterocycles. The standard InChI is InChI=1S/C14H21NO3SSi/c1-20(2,3)9-7-18-14(17)6-8-19-13-5-4-12(11-16)10-15-13/h4-5,10-11H,6-9H2,1-3H3. The largest absolute Gasteiger partial charge is 0.466 e. The van der Waals surface area contributed by atoms with Crippen LogP contribution in [0.3, 0.4) is 0 Å². The van der Waals surface area contributed by atoms with Crippen LogP contribution < -0.4 is 0 Å². The Morgan fingerprint density at radius 2 is 2.15 bits per heavy atom. The van der Waals surface area contributed by atoms with E-state index in [-0.39, 0.29) is 5.97 Å². The molecule has 0 saturated carbocycles. The Kier molecular flexibility index (Phi) is 6.94. The Morgan fingerprint density at radius 3 is 2.70 bits per heavy atom. The molecule has 0 N–H and O–H groups in total. The third-order valence-corrected chi connectivity index (χ3v) is 5.22. The number of rotatable bonds is 8. The van der Waals surface area contributed by atoms with Crippen molar-refractivity contribution in [1.29, 1.82) is 0 Å². The molecule has 6 heteroatoms. The van der Waals surface area contributed by atoms with E-state index in [0.29, 0.717) is 24.3 Å². The van der Waals surface area contributed by atoms with Crippen molar-refractivity contribution in [3.05, 3.63) is 23.9 Å². The monoisotopic (exact) mass is 311 g/mol. The predicted molar refractivity (Wildman–Crippen MR) is 84.1 cm³/mol. The number of pyridine rings is 1. The van der Waals surface area contributed by atoms with Crippen molar-refractivity contribution < 1.29 is 14.3 Å². The van der Waals surface area contributed by atoms with E-state index in [1.165, 1.54) is 18.0 Å². The van der Waals surface area contributed by atoms with E-state index in [9.17, 15) is 9.59 Å². The minimum absolute atomic E-state index is 0.153. The van der Waals surface area contributed by atoms with Gasteiger partial charge in [0.1, 0.15) is 0 Å². The highest BCUT2D eigenvalue weighted by Crippen LogP contribution is 2.16. The van der Waals surface area contributed by atoms with Crippen LogP contribution in [0.25, 0.3) is 0 Å². The number of nitrogens with zero attached hydrogens (tertiary/aromatic N) is 1. The van der Waals surface area contributed by atoms with Gasteiger partial charge in [0, 0.05) is 25.6 Å². The molecule has 0 fully saturated rings. The second-order valence-corrected chi connectivity index (χ2v) is 12.4. The zero-order chi connectivity index (χ0) is 15.0. The highest BCUT2D eigenvalue weighted by molar-refractivity contribution is 7.99. The van der Waals surface area contributed by atoms with Crippen LogP contribution in [0.5, 0.6) is 0 Å². The van der Waals surface area contributed by atoms with Gasteiger partial charge in [-0.1, -0.05) is 19.6 Å². The summed E-state index contributed by atoms with van der Waals surface area (Å²) in [5, 5.41) is 0.811. The molecular formula is C14H21NO3SSi. The molecule has 0 aliphatic heterocycles. The van der Waals surface area contributed by atoms with Gasteiger partial charge in [0.2, 0.25) is 0 Å². The van der Waals surface area contributed by atoms with Gasteiger partial charge in [-0.25, -0.2) is 4.98 Å². The van der Waals surface area contributed by atoms with E-state index in [1.54, 1.807) is 12.1 Å². The topological polar surface area (TPSA) is 56.3 Å². The van der Waals surface area contributed by atoms with Gasteiger partial charge in [-0.2, -0.15) is 0 Å².